The zero-order valence-electron chi connectivity index (χ0n) is 18.2. The van der Waals surface area contributed by atoms with E-state index in [-0.39, 0.29) is 17.6 Å². The highest BCUT2D eigenvalue weighted by atomic mass is 32.2. The number of thioether (sulfide) groups is 1. The molecule has 0 saturated carbocycles. The number of fused-ring (bicyclic) bond motifs is 1. The second-order valence-electron chi connectivity index (χ2n) is 7.95. The summed E-state index contributed by atoms with van der Waals surface area (Å²) >= 11 is 1.50. The monoisotopic (exact) mass is 449 g/mol. The molecule has 1 amide bonds. The zero-order chi connectivity index (χ0) is 22.5. The average molecular weight is 450 g/mol. The predicted molar refractivity (Wildman–Crippen MR) is 128 cm³/mol. The predicted octanol–water partition coefficient (Wildman–Crippen LogP) is 4.09. The molecular formula is C25H27N3O3S. The van der Waals surface area contributed by atoms with Crippen molar-refractivity contribution in [3.05, 3.63) is 82.2 Å². The quantitative estimate of drug-likeness (QED) is 0.319. The molecule has 7 heteroatoms. The number of carbonyl (C=O) groups is 1. The fourth-order valence-electron chi connectivity index (χ4n) is 3.69. The molecule has 166 valence electrons. The van der Waals surface area contributed by atoms with Gasteiger partial charge in [0.15, 0.2) is 5.16 Å². The molecule has 3 aromatic rings. The lowest BCUT2D eigenvalue weighted by Crippen LogP contribution is -2.31. The van der Waals surface area contributed by atoms with Gasteiger partial charge in [-0.2, -0.15) is 0 Å². The Morgan fingerprint density at radius 1 is 1.31 bits per heavy atom. The second-order valence-corrected chi connectivity index (χ2v) is 8.89. The zero-order valence-corrected chi connectivity index (χ0v) is 19.0. The van der Waals surface area contributed by atoms with E-state index in [1.54, 1.807) is 28.8 Å². The van der Waals surface area contributed by atoms with Crippen LogP contribution in [0.3, 0.4) is 0 Å². The van der Waals surface area contributed by atoms with Crippen molar-refractivity contribution in [2.45, 2.75) is 43.3 Å². The Kier molecular flexibility index (Phi) is 7.07. The number of aryl methyl sites for hydroxylation is 1. The standard InChI is InChI=1S/C25H27N3O3S/c1-3-12-28-24(30)21-11-10-19(23(29)26-15-20-5-4-13-31-20)14-22(21)27-25(28)32-16-18-8-6-17(2)7-9-18/h3,6-11,14,20H,1,4-5,12-13,15-16H2,2H3,(H,26,29)/t20-/m0/s1. The molecule has 0 unspecified atom stereocenters. The molecule has 0 spiro atoms. The minimum Gasteiger partial charge on any atom is -0.376 e. The first-order chi connectivity index (χ1) is 15.5. The van der Waals surface area contributed by atoms with E-state index in [0.29, 0.717) is 40.5 Å². The summed E-state index contributed by atoms with van der Waals surface area (Å²) in [5.41, 5.74) is 3.23. The van der Waals surface area contributed by atoms with E-state index >= 15 is 0 Å². The molecule has 1 aliphatic rings. The summed E-state index contributed by atoms with van der Waals surface area (Å²) < 4.78 is 7.20. The van der Waals surface area contributed by atoms with Crippen LogP contribution in [0.4, 0.5) is 0 Å². The summed E-state index contributed by atoms with van der Waals surface area (Å²) in [6.45, 7) is 7.45. The van der Waals surface area contributed by atoms with Gasteiger partial charge in [0.05, 0.1) is 17.0 Å². The van der Waals surface area contributed by atoms with Gasteiger partial charge >= 0.3 is 0 Å². The van der Waals surface area contributed by atoms with Crippen LogP contribution in [0.1, 0.15) is 34.3 Å². The normalized spacial score (nSPS) is 15.7. The molecule has 2 aromatic carbocycles. The minimum atomic E-state index is -0.187. The summed E-state index contributed by atoms with van der Waals surface area (Å²) in [6.07, 6.45) is 3.76. The number of benzene rings is 2. The molecule has 0 bridgehead atoms. The van der Waals surface area contributed by atoms with Crippen molar-refractivity contribution < 1.29 is 9.53 Å². The van der Waals surface area contributed by atoms with Gasteiger partial charge < -0.3 is 10.1 Å². The third kappa shape index (κ3) is 5.11. The van der Waals surface area contributed by atoms with Crippen LogP contribution >= 0.6 is 11.8 Å². The highest BCUT2D eigenvalue weighted by molar-refractivity contribution is 7.98. The van der Waals surface area contributed by atoms with Crippen LogP contribution in [-0.2, 0) is 17.0 Å². The molecule has 0 radical (unpaired) electrons. The van der Waals surface area contributed by atoms with E-state index in [9.17, 15) is 9.59 Å². The minimum absolute atomic E-state index is 0.0772. The van der Waals surface area contributed by atoms with Crippen LogP contribution in [0.5, 0.6) is 0 Å². The second kappa shape index (κ2) is 10.1. The maximum absolute atomic E-state index is 13.1. The van der Waals surface area contributed by atoms with E-state index < -0.39 is 0 Å². The molecule has 6 nitrogen and oxygen atoms in total. The molecule has 0 aliphatic carbocycles. The largest absolute Gasteiger partial charge is 0.376 e. The Labute approximate surface area is 191 Å². The van der Waals surface area contributed by atoms with Crippen LogP contribution in [0.2, 0.25) is 0 Å². The number of carbonyl (C=O) groups excluding carboxylic acids is 1. The Balaban J connectivity index is 1.60. The summed E-state index contributed by atoms with van der Waals surface area (Å²) in [4.78, 5) is 30.5. The van der Waals surface area contributed by atoms with Crippen LogP contribution < -0.4 is 10.9 Å². The molecule has 32 heavy (non-hydrogen) atoms. The Morgan fingerprint density at radius 2 is 2.12 bits per heavy atom. The first kappa shape index (κ1) is 22.3. The fourth-order valence-corrected chi connectivity index (χ4v) is 4.65. The number of aromatic nitrogens is 2. The summed E-state index contributed by atoms with van der Waals surface area (Å²) in [5, 5.41) is 4.02. The van der Waals surface area contributed by atoms with Crippen molar-refractivity contribution >= 4 is 28.6 Å². The molecule has 1 aliphatic heterocycles. The molecule has 1 fully saturated rings. The molecule has 1 atom stereocenters. The van der Waals surface area contributed by atoms with Crippen molar-refractivity contribution in [2.75, 3.05) is 13.2 Å². The molecule has 4 rings (SSSR count). The molecule has 2 heterocycles. The van der Waals surface area contributed by atoms with Crippen molar-refractivity contribution in [3.63, 3.8) is 0 Å². The molecule has 1 N–H and O–H groups in total. The first-order valence-corrected chi connectivity index (χ1v) is 11.8. The highest BCUT2D eigenvalue weighted by Gasteiger charge is 2.18. The van der Waals surface area contributed by atoms with E-state index in [1.807, 2.05) is 0 Å². The van der Waals surface area contributed by atoms with Gasteiger partial charge in [0.25, 0.3) is 11.5 Å². The third-order valence-corrected chi connectivity index (χ3v) is 6.54. The number of allylic oxidation sites excluding steroid dienone is 1. The van der Waals surface area contributed by atoms with E-state index in [2.05, 4.69) is 43.1 Å². The maximum Gasteiger partial charge on any atom is 0.262 e. The SMILES string of the molecule is C=CCn1c(SCc2ccc(C)cc2)nc2cc(C(=O)NC[C@@H]3CCCO3)ccc2c1=O. The van der Waals surface area contributed by atoms with Crippen molar-refractivity contribution in [1.29, 1.82) is 0 Å². The Morgan fingerprint density at radius 3 is 2.84 bits per heavy atom. The smallest absolute Gasteiger partial charge is 0.262 e. The first-order valence-electron chi connectivity index (χ1n) is 10.8. The molecule has 1 aromatic heterocycles. The van der Waals surface area contributed by atoms with E-state index in [4.69, 9.17) is 9.72 Å². The maximum atomic E-state index is 13.1. The van der Waals surface area contributed by atoms with Gasteiger partial charge in [-0.3, -0.25) is 14.2 Å². The van der Waals surface area contributed by atoms with Crippen LogP contribution in [0.15, 0.2) is 65.1 Å². The third-order valence-electron chi connectivity index (χ3n) is 5.50. The van der Waals surface area contributed by atoms with E-state index in [1.165, 1.54) is 17.3 Å². The van der Waals surface area contributed by atoms with Gasteiger partial charge in [-0.1, -0.05) is 47.7 Å². The number of nitrogens with one attached hydrogen (secondary N) is 1. The number of hydrogen-bond acceptors (Lipinski definition) is 5. The van der Waals surface area contributed by atoms with E-state index in [0.717, 1.165) is 25.0 Å². The van der Waals surface area contributed by atoms with Gasteiger partial charge in [-0.15, -0.1) is 6.58 Å². The number of nitrogens with zero attached hydrogens (tertiary/aromatic N) is 2. The number of hydrogen-bond donors (Lipinski definition) is 1. The molecule has 1 saturated heterocycles. The van der Waals surface area contributed by atoms with Gasteiger partial charge in [-0.05, 0) is 43.5 Å². The Hall–Kier alpha value is -2.90. The van der Waals surface area contributed by atoms with Gasteiger partial charge in [-0.25, -0.2) is 4.98 Å². The average Bonchev–Trinajstić information content (AvgIpc) is 3.32. The molecular weight excluding hydrogens is 422 g/mol. The number of ether oxygens (including phenoxy) is 1. The van der Waals surface area contributed by atoms with Crippen LogP contribution in [-0.4, -0.2) is 34.7 Å². The fraction of sp³-hybridized carbons (Fsp3) is 0.320. The van der Waals surface area contributed by atoms with Gasteiger partial charge in [0.1, 0.15) is 0 Å². The van der Waals surface area contributed by atoms with Gasteiger partial charge in [0.2, 0.25) is 0 Å². The van der Waals surface area contributed by atoms with Crippen molar-refractivity contribution in [3.8, 4) is 0 Å². The van der Waals surface area contributed by atoms with Gasteiger partial charge in [0, 0.05) is 31.0 Å². The summed E-state index contributed by atoms with van der Waals surface area (Å²) in [5.74, 6) is 0.505. The number of amides is 1. The highest BCUT2D eigenvalue weighted by Crippen LogP contribution is 2.23. The summed E-state index contributed by atoms with van der Waals surface area (Å²) in [7, 11) is 0. The lowest BCUT2D eigenvalue weighted by atomic mass is 10.1. The Bertz CT molecular complexity index is 1180. The van der Waals surface area contributed by atoms with Crippen LogP contribution in [0, 0.1) is 6.92 Å². The summed E-state index contributed by atoms with van der Waals surface area (Å²) in [6, 6.07) is 13.3. The lowest BCUT2D eigenvalue weighted by molar-refractivity contribution is 0.0858. The topological polar surface area (TPSA) is 73.2 Å². The van der Waals surface area contributed by atoms with Crippen LogP contribution in [0.25, 0.3) is 10.9 Å². The van der Waals surface area contributed by atoms with Crippen molar-refractivity contribution in [2.24, 2.45) is 0 Å². The lowest BCUT2D eigenvalue weighted by Gasteiger charge is -2.13. The van der Waals surface area contributed by atoms with Crippen molar-refractivity contribution in [1.82, 2.24) is 14.9 Å². The number of rotatable bonds is 8.